The van der Waals surface area contributed by atoms with Gasteiger partial charge in [-0.1, -0.05) is 24.6 Å². The first-order valence-corrected chi connectivity index (χ1v) is 11.9. The maximum atomic E-state index is 13.6. The van der Waals surface area contributed by atoms with Crippen LogP contribution >= 0.6 is 22.9 Å². The van der Waals surface area contributed by atoms with E-state index in [0.717, 1.165) is 30.5 Å². The summed E-state index contributed by atoms with van der Waals surface area (Å²) in [5.41, 5.74) is 5.78. The Hall–Kier alpha value is -2.24. The molecule has 3 heterocycles. The molecule has 5 rings (SSSR count). The van der Waals surface area contributed by atoms with E-state index in [9.17, 15) is 4.79 Å². The largest absolute Gasteiger partial charge is 0.322 e. The van der Waals surface area contributed by atoms with E-state index in [1.54, 1.807) is 0 Å². The first-order chi connectivity index (χ1) is 14.6. The second kappa shape index (κ2) is 7.78. The highest BCUT2D eigenvalue weighted by Crippen LogP contribution is 2.43. The maximum absolute atomic E-state index is 13.6. The van der Waals surface area contributed by atoms with Crippen molar-refractivity contribution in [3.63, 3.8) is 0 Å². The predicted octanol–water partition coefficient (Wildman–Crippen LogP) is 6.88. The molecule has 0 bridgehead atoms. The van der Waals surface area contributed by atoms with Gasteiger partial charge in [0.2, 0.25) is 0 Å². The molecule has 1 atom stereocenters. The first-order valence-electron chi connectivity index (χ1n) is 10.7. The van der Waals surface area contributed by atoms with Gasteiger partial charge in [-0.2, -0.15) is 0 Å². The van der Waals surface area contributed by atoms with Crippen LogP contribution in [0.5, 0.6) is 0 Å². The molecule has 2 aliphatic rings. The van der Waals surface area contributed by atoms with E-state index < -0.39 is 0 Å². The second-order valence-corrected chi connectivity index (χ2v) is 9.76. The van der Waals surface area contributed by atoms with Crippen LogP contribution in [0.1, 0.15) is 59.5 Å². The number of carbonyl (C=O) groups excluding carboxylic acids is 1. The summed E-state index contributed by atoms with van der Waals surface area (Å²) in [6.45, 7) is 4.79. The number of aromatic nitrogens is 1. The molecule has 30 heavy (non-hydrogen) atoms. The van der Waals surface area contributed by atoms with Crippen LogP contribution in [0.4, 0.5) is 10.5 Å². The lowest BCUT2D eigenvalue weighted by Gasteiger charge is -2.30. The number of hydrogen-bond donors (Lipinski definition) is 1. The van der Waals surface area contributed by atoms with Crippen molar-refractivity contribution in [3.8, 4) is 5.00 Å². The minimum atomic E-state index is -0.0661. The predicted molar refractivity (Wildman–Crippen MR) is 124 cm³/mol. The van der Waals surface area contributed by atoms with Crippen LogP contribution in [0.25, 0.3) is 5.00 Å². The molecule has 2 aromatic heterocycles. The van der Waals surface area contributed by atoms with Gasteiger partial charge in [-0.3, -0.25) is 0 Å². The molecule has 0 fully saturated rings. The third kappa shape index (κ3) is 3.25. The van der Waals surface area contributed by atoms with Gasteiger partial charge in [0, 0.05) is 33.0 Å². The Morgan fingerprint density at radius 1 is 1.23 bits per heavy atom. The molecular weight excluding hydrogens is 414 g/mol. The van der Waals surface area contributed by atoms with Crippen molar-refractivity contribution in [2.75, 3.05) is 5.32 Å². The van der Waals surface area contributed by atoms with Crippen molar-refractivity contribution in [2.24, 2.45) is 0 Å². The molecule has 4 nitrogen and oxygen atoms in total. The number of thiophene rings is 1. The Balaban J connectivity index is 1.57. The summed E-state index contributed by atoms with van der Waals surface area (Å²) in [4.78, 5) is 17.1. The van der Waals surface area contributed by atoms with Crippen molar-refractivity contribution < 1.29 is 4.79 Å². The Labute approximate surface area is 186 Å². The van der Waals surface area contributed by atoms with Crippen LogP contribution in [0.15, 0.2) is 36.5 Å². The second-order valence-electron chi connectivity index (χ2n) is 8.24. The zero-order valence-electron chi connectivity index (χ0n) is 17.4. The number of amides is 2. The van der Waals surface area contributed by atoms with Gasteiger partial charge in [-0.05, 0) is 74.4 Å². The average Bonchev–Trinajstić information content (AvgIpc) is 3.33. The average molecular weight is 440 g/mol. The van der Waals surface area contributed by atoms with E-state index >= 15 is 0 Å². The molecule has 0 saturated carbocycles. The summed E-state index contributed by atoms with van der Waals surface area (Å²) in [5.74, 6) is 0. The maximum Gasteiger partial charge on any atom is 0.322 e. The summed E-state index contributed by atoms with van der Waals surface area (Å²) in [6.07, 6.45) is 7.80. The van der Waals surface area contributed by atoms with E-state index in [-0.39, 0.29) is 12.1 Å². The van der Waals surface area contributed by atoms with Gasteiger partial charge >= 0.3 is 6.03 Å². The minimum absolute atomic E-state index is 0.0262. The van der Waals surface area contributed by atoms with Crippen molar-refractivity contribution in [1.29, 1.82) is 0 Å². The molecule has 0 saturated heterocycles. The number of fused-ring (bicyclic) bond motifs is 5. The number of urea groups is 1. The molecular formula is C24H26ClN3OS. The molecule has 1 aromatic carbocycles. The van der Waals surface area contributed by atoms with Crippen LogP contribution in [0.2, 0.25) is 5.02 Å². The summed E-state index contributed by atoms with van der Waals surface area (Å²) in [5, 5.41) is 5.06. The lowest BCUT2D eigenvalue weighted by atomic mass is 9.95. The van der Waals surface area contributed by atoms with Crippen molar-refractivity contribution in [3.05, 3.63) is 68.8 Å². The van der Waals surface area contributed by atoms with E-state index in [0.29, 0.717) is 11.6 Å². The van der Waals surface area contributed by atoms with E-state index in [1.165, 1.54) is 39.5 Å². The van der Waals surface area contributed by atoms with E-state index in [4.69, 9.17) is 11.6 Å². The van der Waals surface area contributed by atoms with Gasteiger partial charge < -0.3 is 14.8 Å². The quantitative estimate of drug-likeness (QED) is 0.464. The summed E-state index contributed by atoms with van der Waals surface area (Å²) < 4.78 is 2.32. The third-order valence-corrected chi connectivity index (χ3v) is 7.96. The summed E-state index contributed by atoms with van der Waals surface area (Å²) in [7, 11) is 0. The van der Waals surface area contributed by atoms with Crippen LogP contribution in [0, 0.1) is 6.92 Å². The van der Waals surface area contributed by atoms with Gasteiger partial charge in [0.05, 0.1) is 12.6 Å². The van der Waals surface area contributed by atoms with Gasteiger partial charge in [-0.15, -0.1) is 11.3 Å². The molecule has 1 aliphatic carbocycles. The third-order valence-electron chi connectivity index (χ3n) is 6.39. The Bertz CT molecular complexity index is 1120. The zero-order chi connectivity index (χ0) is 20.8. The molecule has 0 spiro atoms. The lowest BCUT2D eigenvalue weighted by molar-refractivity contribution is 0.181. The van der Waals surface area contributed by atoms with E-state index in [1.807, 2.05) is 41.4 Å². The Kier molecular flexibility index (Phi) is 5.11. The van der Waals surface area contributed by atoms with Crippen molar-refractivity contribution in [2.45, 2.75) is 58.5 Å². The number of nitrogens with zero attached hydrogens (tertiary/aromatic N) is 2. The monoisotopic (exact) mass is 439 g/mol. The molecule has 6 heteroatoms. The molecule has 156 valence electrons. The highest BCUT2D eigenvalue weighted by atomic mass is 35.5. The number of aryl methyl sites for hydroxylation is 2. The lowest BCUT2D eigenvalue weighted by Crippen LogP contribution is -2.37. The normalized spacial score (nSPS) is 17.7. The molecule has 0 unspecified atom stereocenters. The number of benzene rings is 1. The van der Waals surface area contributed by atoms with Crippen molar-refractivity contribution in [1.82, 2.24) is 9.47 Å². The number of carbonyl (C=O) groups is 1. The summed E-state index contributed by atoms with van der Waals surface area (Å²) >= 11 is 8.11. The summed E-state index contributed by atoms with van der Waals surface area (Å²) in [6, 6.07) is 9.84. The number of halogens is 1. The van der Waals surface area contributed by atoms with Gasteiger partial charge in [0.25, 0.3) is 0 Å². The number of anilines is 1. The molecule has 1 aliphatic heterocycles. The standard InChI is InChI=1S/C24H26ClN3OS/c1-3-20-21-8-6-12-27(21)23-18(17-7-4-5-9-22(17)30-23)14-28(20)24(29)26-19-13-16(25)11-10-15(19)2/h6,8,10-13,20H,3-5,7,9,14H2,1-2H3,(H,26,29)/t20-/m1/s1. The minimum Gasteiger partial charge on any atom is -0.312 e. The van der Waals surface area contributed by atoms with Gasteiger partial charge in [-0.25, -0.2) is 4.79 Å². The fourth-order valence-corrected chi connectivity index (χ4v) is 6.40. The molecule has 3 aromatic rings. The van der Waals surface area contributed by atoms with E-state index in [2.05, 4.69) is 35.1 Å². The van der Waals surface area contributed by atoms with Gasteiger partial charge in [0.1, 0.15) is 5.00 Å². The van der Waals surface area contributed by atoms with Crippen LogP contribution in [-0.2, 0) is 19.4 Å². The van der Waals surface area contributed by atoms with Crippen LogP contribution < -0.4 is 5.32 Å². The SMILES string of the molecule is CC[C@@H]1c2cccn2-c2sc3c(c2CN1C(=O)Nc1cc(Cl)ccc1C)CCCC3. The van der Waals surface area contributed by atoms with Gasteiger partial charge in [0.15, 0.2) is 0 Å². The van der Waals surface area contributed by atoms with Crippen molar-refractivity contribution >= 4 is 34.7 Å². The highest BCUT2D eigenvalue weighted by Gasteiger charge is 2.34. The molecule has 0 radical (unpaired) electrons. The topological polar surface area (TPSA) is 37.3 Å². The smallest absolute Gasteiger partial charge is 0.312 e. The number of hydrogen-bond acceptors (Lipinski definition) is 2. The Morgan fingerprint density at radius 3 is 2.90 bits per heavy atom. The molecule has 2 amide bonds. The fourth-order valence-electron chi connectivity index (χ4n) is 4.82. The van der Waals surface area contributed by atoms with Crippen LogP contribution in [0.3, 0.4) is 0 Å². The number of nitrogens with one attached hydrogen (secondary N) is 1. The highest BCUT2D eigenvalue weighted by molar-refractivity contribution is 7.15. The zero-order valence-corrected chi connectivity index (χ0v) is 18.9. The van der Waals surface area contributed by atoms with Crippen LogP contribution in [-0.4, -0.2) is 15.5 Å². The fraction of sp³-hybridized carbons (Fsp3) is 0.375. The molecule has 1 N–H and O–H groups in total. The first kappa shape index (κ1) is 19.7. The Morgan fingerprint density at radius 2 is 2.07 bits per heavy atom. The number of rotatable bonds is 2.